The van der Waals surface area contributed by atoms with Gasteiger partial charge in [0.25, 0.3) is 0 Å². The van der Waals surface area contributed by atoms with Crippen LogP contribution in [0.15, 0.2) is 34.7 Å². The number of aromatic nitrogens is 1. The van der Waals surface area contributed by atoms with Gasteiger partial charge < -0.3 is 9.52 Å². The van der Waals surface area contributed by atoms with Crippen molar-refractivity contribution in [3.05, 3.63) is 41.8 Å². The Labute approximate surface area is 104 Å². The van der Waals surface area contributed by atoms with Crippen molar-refractivity contribution >= 4 is 5.97 Å². The first kappa shape index (κ1) is 11.0. The van der Waals surface area contributed by atoms with Gasteiger partial charge in [-0.05, 0) is 24.5 Å². The van der Waals surface area contributed by atoms with E-state index in [1.165, 1.54) is 0 Å². The molecule has 1 heterocycles. The summed E-state index contributed by atoms with van der Waals surface area (Å²) in [4.78, 5) is 15.3. The zero-order valence-corrected chi connectivity index (χ0v) is 9.96. The number of carboxylic acids is 1. The van der Waals surface area contributed by atoms with Crippen LogP contribution in [-0.2, 0) is 0 Å². The molecule has 1 fully saturated rings. The van der Waals surface area contributed by atoms with Crippen molar-refractivity contribution < 1.29 is 14.3 Å². The van der Waals surface area contributed by atoms with Gasteiger partial charge in [-0.1, -0.05) is 25.1 Å². The van der Waals surface area contributed by atoms with Crippen LogP contribution in [0.2, 0.25) is 0 Å². The highest BCUT2D eigenvalue weighted by Gasteiger charge is 2.41. The molecule has 1 saturated carbocycles. The van der Waals surface area contributed by atoms with Crippen molar-refractivity contribution in [3.8, 4) is 11.5 Å². The van der Waals surface area contributed by atoms with Gasteiger partial charge in [0.15, 0.2) is 5.69 Å². The van der Waals surface area contributed by atoms with Gasteiger partial charge in [0.1, 0.15) is 5.76 Å². The first-order chi connectivity index (χ1) is 8.66. The summed E-state index contributed by atoms with van der Waals surface area (Å²) in [6.45, 7) is 2.08. The number of carboxylic acid groups (broad SMARTS) is 1. The van der Waals surface area contributed by atoms with Crippen LogP contribution in [0.25, 0.3) is 11.5 Å². The average molecular weight is 243 g/mol. The Kier molecular flexibility index (Phi) is 2.44. The maximum atomic E-state index is 11.2. The van der Waals surface area contributed by atoms with Crippen LogP contribution in [-0.4, -0.2) is 16.1 Å². The van der Waals surface area contributed by atoms with E-state index in [2.05, 4.69) is 11.9 Å². The average Bonchev–Trinajstić information content (AvgIpc) is 2.93. The molecule has 2 atom stereocenters. The van der Waals surface area contributed by atoms with Crippen LogP contribution in [0.3, 0.4) is 0 Å². The van der Waals surface area contributed by atoms with E-state index in [1.807, 2.05) is 30.3 Å². The number of rotatable bonds is 3. The molecule has 4 heteroatoms. The van der Waals surface area contributed by atoms with Gasteiger partial charge in [-0.3, -0.25) is 0 Å². The fourth-order valence-electron chi connectivity index (χ4n) is 2.13. The molecule has 2 aromatic rings. The highest BCUT2D eigenvalue weighted by Crippen LogP contribution is 2.48. The van der Waals surface area contributed by atoms with E-state index in [0.29, 0.717) is 17.6 Å². The topological polar surface area (TPSA) is 63.3 Å². The number of oxazole rings is 1. The fraction of sp³-hybridized carbons (Fsp3) is 0.286. The van der Waals surface area contributed by atoms with E-state index in [-0.39, 0.29) is 11.6 Å². The van der Waals surface area contributed by atoms with E-state index in [4.69, 9.17) is 9.52 Å². The Morgan fingerprint density at radius 1 is 1.39 bits per heavy atom. The predicted molar refractivity (Wildman–Crippen MR) is 65.4 cm³/mol. The molecule has 0 radical (unpaired) electrons. The zero-order valence-electron chi connectivity index (χ0n) is 9.96. The molecule has 1 aromatic heterocycles. The lowest BCUT2D eigenvalue weighted by molar-refractivity contribution is 0.0688. The number of hydrogen-bond donors (Lipinski definition) is 1. The molecule has 1 aromatic carbocycles. The van der Waals surface area contributed by atoms with Gasteiger partial charge >= 0.3 is 5.97 Å². The van der Waals surface area contributed by atoms with Gasteiger partial charge in [-0.15, -0.1) is 0 Å². The third kappa shape index (κ3) is 1.79. The lowest BCUT2D eigenvalue weighted by Gasteiger charge is -1.94. The number of benzene rings is 1. The molecule has 18 heavy (non-hydrogen) atoms. The smallest absolute Gasteiger partial charge is 0.358 e. The minimum atomic E-state index is -1.02. The molecule has 1 aliphatic carbocycles. The Morgan fingerprint density at radius 3 is 2.61 bits per heavy atom. The molecule has 0 spiro atoms. The van der Waals surface area contributed by atoms with Gasteiger partial charge in [0.05, 0.1) is 0 Å². The summed E-state index contributed by atoms with van der Waals surface area (Å²) in [6.07, 6.45) is 0.976. The molecular formula is C14H13NO3. The molecule has 2 unspecified atom stereocenters. The molecule has 4 nitrogen and oxygen atoms in total. The van der Waals surface area contributed by atoms with Crippen LogP contribution in [0.4, 0.5) is 0 Å². The second kappa shape index (κ2) is 3.98. The van der Waals surface area contributed by atoms with Crippen LogP contribution in [0.1, 0.15) is 35.5 Å². The van der Waals surface area contributed by atoms with Crippen molar-refractivity contribution in [2.45, 2.75) is 19.3 Å². The van der Waals surface area contributed by atoms with Crippen LogP contribution in [0, 0.1) is 5.92 Å². The SMILES string of the molecule is CC1CC1c1oc(-c2ccccc2)nc1C(=O)O. The Balaban J connectivity index is 2.05. The lowest BCUT2D eigenvalue weighted by atomic mass is 10.2. The quantitative estimate of drug-likeness (QED) is 0.899. The summed E-state index contributed by atoms with van der Waals surface area (Å²) in [5.41, 5.74) is 0.864. The summed E-state index contributed by atoms with van der Waals surface area (Å²) in [7, 11) is 0. The summed E-state index contributed by atoms with van der Waals surface area (Å²) >= 11 is 0. The van der Waals surface area contributed by atoms with Crippen LogP contribution in [0.5, 0.6) is 0 Å². The van der Waals surface area contributed by atoms with Crippen LogP contribution >= 0.6 is 0 Å². The maximum absolute atomic E-state index is 11.2. The Hall–Kier alpha value is -2.10. The first-order valence-corrected chi connectivity index (χ1v) is 5.96. The van der Waals surface area contributed by atoms with Crippen molar-refractivity contribution in [1.29, 1.82) is 0 Å². The van der Waals surface area contributed by atoms with Crippen LogP contribution < -0.4 is 0 Å². The van der Waals surface area contributed by atoms with Crippen molar-refractivity contribution in [1.82, 2.24) is 4.98 Å². The Bertz CT molecular complexity index is 588. The van der Waals surface area contributed by atoms with Gasteiger partial charge in [-0.25, -0.2) is 9.78 Å². The normalized spacial score (nSPS) is 21.8. The van der Waals surface area contributed by atoms with Crippen molar-refractivity contribution in [2.24, 2.45) is 5.92 Å². The van der Waals surface area contributed by atoms with Gasteiger partial charge in [-0.2, -0.15) is 0 Å². The highest BCUT2D eigenvalue weighted by molar-refractivity contribution is 5.87. The number of hydrogen-bond acceptors (Lipinski definition) is 3. The summed E-state index contributed by atoms with van der Waals surface area (Å²) in [5.74, 6) is 0.590. The second-order valence-corrected chi connectivity index (χ2v) is 4.72. The third-order valence-electron chi connectivity index (χ3n) is 3.32. The number of aromatic carboxylic acids is 1. The zero-order chi connectivity index (χ0) is 12.7. The van der Waals surface area contributed by atoms with Crippen molar-refractivity contribution in [2.75, 3.05) is 0 Å². The lowest BCUT2D eigenvalue weighted by Crippen LogP contribution is -2.00. The molecule has 0 bridgehead atoms. The molecule has 1 N–H and O–H groups in total. The summed E-state index contributed by atoms with van der Waals surface area (Å²) < 4.78 is 5.66. The van der Waals surface area contributed by atoms with Gasteiger partial charge in [0, 0.05) is 11.5 Å². The molecule has 0 amide bonds. The minimum absolute atomic E-state index is 0.0585. The molecule has 1 aliphatic rings. The van der Waals surface area contributed by atoms with E-state index in [1.54, 1.807) is 0 Å². The fourth-order valence-corrected chi connectivity index (χ4v) is 2.13. The van der Waals surface area contributed by atoms with E-state index < -0.39 is 5.97 Å². The van der Waals surface area contributed by atoms with E-state index in [9.17, 15) is 4.79 Å². The van der Waals surface area contributed by atoms with Gasteiger partial charge in [0.2, 0.25) is 5.89 Å². The number of carbonyl (C=O) groups is 1. The largest absolute Gasteiger partial charge is 0.476 e. The first-order valence-electron chi connectivity index (χ1n) is 5.96. The highest BCUT2D eigenvalue weighted by atomic mass is 16.4. The minimum Gasteiger partial charge on any atom is -0.476 e. The number of nitrogens with zero attached hydrogens (tertiary/aromatic N) is 1. The third-order valence-corrected chi connectivity index (χ3v) is 3.32. The summed E-state index contributed by atoms with van der Waals surface area (Å²) in [5, 5.41) is 9.17. The van der Waals surface area contributed by atoms with E-state index in [0.717, 1.165) is 12.0 Å². The summed E-state index contributed by atoms with van der Waals surface area (Å²) in [6, 6.07) is 9.36. The molecule has 92 valence electrons. The standard InChI is InChI=1S/C14H13NO3/c1-8-7-10(8)12-11(14(16)17)15-13(18-12)9-5-3-2-4-6-9/h2-6,8,10H,7H2,1H3,(H,16,17). The molecule has 0 aliphatic heterocycles. The second-order valence-electron chi connectivity index (χ2n) is 4.72. The molecule has 3 rings (SSSR count). The monoisotopic (exact) mass is 243 g/mol. The Morgan fingerprint density at radius 2 is 2.06 bits per heavy atom. The molecule has 0 saturated heterocycles. The molecular weight excluding hydrogens is 230 g/mol. The van der Waals surface area contributed by atoms with E-state index >= 15 is 0 Å². The predicted octanol–water partition coefficient (Wildman–Crippen LogP) is 3.16. The maximum Gasteiger partial charge on any atom is 0.358 e. The van der Waals surface area contributed by atoms with Crippen molar-refractivity contribution in [3.63, 3.8) is 0 Å².